The van der Waals surface area contributed by atoms with Crippen LogP contribution in [0.3, 0.4) is 0 Å². The molecule has 0 spiro atoms. The van der Waals surface area contributed by atoms with Gasteiger partial charge in [-0.05, 0) is 27.7 Å². The number of hydrogen-bond acceptors (Lipinski definition) is 6. The van der Waals surface area contributed by atoms with Crippen molar-refractivity contribution in [1.29, 1.82) is 0 Å². The van der Waals surface area contributed by atoms with Crippen molar-refractivity contribution in [3.05, 3.63) is 0 Å². The third kappa shape index (κ3) is 2.55. The van der Waals surface area contributed by atoms with Gasteiger partial charge in [-0.3, -0.25) is 19.2 Å². The summed E-state index contributed by atoms with van der Waals surface area (Å²) in [4.78, 5) is 49.1. The number of nitrogens with one attached hydrogen (secondary N) is 1. The molecule has 2 unspecified atom stereocenters. The molecule has 0 aromatic heterocycles. The van der Waals surface area contributed by atoms with Crippen LogP contribution < -0.4 is 11.1 Å². The molecule has 1 rings (SSSR count). The summed E-state index contributed by atoms with van der Waals surface area (Å²) in [7, 11) is 2.30. The average molecular weight is 328 g/mol. The molecule has 130 valence electrons. The molecule has 1 aliphatic carbocycles. The van der Waals surface area contributed by atoms with Crippen LogP contribution in [0.4, 0.5) is 0 Å². The number of methoxy groups -OCH3 is 2. The highest BCUT2D eigenvalue weighted by atomic mass is 16.5. The van der Waals surface area contributed by atoms with Crippen LogP contribution in [0.15, 0.2) is 0 Å². The molecule has 0 bridgehead atoms. The van der Waals surface area contributed by atoms with Crippen molar-refractivity contribution in [3.8, 4) is 0 Å². The second-order valence-corrected chi connectivity index (χ2v) is 6.47. The van der Waals surface area contributed by atoms with Gasteiger partial charge in [0.2, 0.25) is 11.8 Å². The Labute approximate surface area is 135 Å². The molecule has 2 amide bonds. The zero-order valence-electron chi connectivity index (χ0n) is 14.3. The number of nitrogens with two attached hydrogens (primary N) is 1. The lowest BCUT2D eigenvalue weighted by molar-refractivity contribution is -0.218. The topological polar surface area (TPSA) is 125 Å². The van der Waals surface area contributed by atoms with E-state index in [1.54, 1.807) is 13.8 Å². The van der Waals surface area contributed by atoms with Crippen molar-refractivity contribution >= 4 is 23.8 Å². The summed E-state index contributed by atoms with van der Waals surface area (Å²) in [6.07, 6.45) is 0. The number of ether oxygens (including phenoxy) is 2. The number of esters is 2. The summed E-state index contributed by atoms with van der Waals surface area (Å²) in [5.41, 5.74) is 2.38. The molecule has 3 N–H and O–H groups in total. The Morgan fingerprint density at radius 1 is 0.957 bits per heavy atom. The first kappa shape index (κ1) is 18.9. The smallest absolute Gasteiger partial charge is 0.310 e. The van der Waals surface area contributed by atoms with Crippen LogP contribution in [0, 0.1) is 22.7 Å². The van der Waals surface area contributed by atoms with Gasteiger partial charge in [-0.15, -0.1) is 0 Å². The Hall–Kier alpha value is -2.12. The maximum Gasteiger partial charge on any atom is 0.310 e. The van der Waals surface area contributed by atoms with Gasteiger partial charge in [0.25, 0.3) is 0 Å². The van der Waals surface area contributed by atoms with Crippen LogP contribution in [0.1, 0.15) is 27.7 Å². The molecular weight excluding hydrogens is 304 g/mol. The zero-order valence-corrected chi connectivity index (χ0v) is 14.3. The zero-order chi connectivity index (χ0) is 18.2. The molecule has 0 aromatic rings. The molecule has 0 saturated heterocycles. The predicted octanol–water partition coefficient (Wildman–Crippen LogP) is -0.399. The molecule has 0 aromatic carbocycles. The van der Waals surface area contributed by atoms with Gasteiger partial charge in [0.15, 0.2) is 0 Å². The van der Waals surface area contributed by atoms with Crippen molar-refractivity contribution < 1.29 is 28.7 Å². The van der Waals surface area contributed by atoms with Crippen molar-refractivity contribution in [2.45, 2.75) is 33.7 Å². The van der Waals surface area contributed by atoms with Gasteiger partial charge in [-0.1, -0.05) is 0 Å². The molecular formula is C15H24N2O6. The summed E-state index contributed by atoms with van der Waals surface area (Å²) in [6.45, 7) is 6.31. The Morgan fingerprint density at radius 2 is 1.35 bits per heavy atom. The lowest BCUT2D eigenvalue weighted by atomic mass is 9.39. The van der Waals surface area contributed by atoms with Gasteiger partial charge in [-0.25, -0.2) is 0 Å². The fourth-order valence-electron chi connectivity index (χ4n) is 3.66. The van der Waals surface area contributed by atoms with E-state index >= 15 is 0 Å². The van der Waals surface area contributed by atoms with Crippen LogP contribution in [0.2, 0.25) is 0 Å². The molecule has 1 saturated carbocycles. The summed E-state index contributed by atoms with van der Waals surface area (Å²) in [6, 6.07) is -0.212. The number of amides is 2. The average Bonchev–Trinajstić information content (AvgIpc) is 2.45. The summed E-state index contributed by atoms with van der Waals surface area (Å²) in [5.74, 6) is -5.29. The van der Waals surface area contributed by atoms with E-state index in [4.69, 9.17) is 15.2 Å². The van der Waals surface area contributed by atoms with E-state index in [-0.39, 0.29) is 6.04 Å². The lowest BCUT2D eigenvalue weighted by Gasteiger charge is -2.60. The molecule has 8 heteroatoms. The van der Waals surface area contributed by atoms with Crippen molar-refractivity contribution in [3.63, 3.8) is 0 Å². The minimum Gasteiger partial charge on any atom is -0.469 e. The lowest BCUT2D eigenvalue weighted by Crippen LogP contribution is -2.75. The molecule has 1 aliphatic rings. The Balaban J connectivity index is 3.48. The molecule has 1 fully saturated rings. The molecule has 0 heterocycles. The fourth-order valence-corrected chi connectivity index (χ4v) is 3.66. The largest absolute Gasteiger partial charge is 0.469 e. The highest BCUT2D eigenvalue weighted by Crippen LogP contribution is 2.64. The van der Waals surface area contributed by atoms with Gasteiger partial charge < -0.3 is 20.5 Å². The first-order valence-corrected chi connectivity index (χ1v) is 7.26. The van der Waals surface area contributed by atoms with Crippen molar-refractivity contribution in [1.82, 2.24) is 5.32 Å². The van der Waals surface area contributed by atoms with E-state index in [9.17, 15) is 19.2 Å². The number of carbonyl (C=O) groups excluding carboxylic acids is 4. The van der Waals surface area contributed by atoms with Crippen LogP contribution in [0.25, 0.3) is 0 Å². The third-order valence-electron chi connectivity index (χ3n) is 4.71. The Morgan fingerprint density at radius 3 is 1.61 bits per heavy atom. The normalized spacial score (nSPS) is 32.7. The van der Waals surface area contributed by atoms with Crippen LogP contribution in [-0.2, 0) is 28.7 Å². The molecule has 2 atom stereocenters. The van der Waals surface area contributed by atoms with E-state index in [1.807, 2.05) is 0 Å². The highest BCUT2D eigenvalue weighted by molar-refractivity contribution is 6.04. The summed E-state index contributed by atoms with van der Waals surface area (Å²) >= 11 is 0. The van der Waals surface area contributed by atoms with E-state index < -0.39 is 46.4 Å². The quantitative estimate of drug-likeness (QED) is 0.662. The maximum absolute atomic E-state index is 12.7. The van der Waals surface area contributed by atoms with E-state index in [2.05, 4.69) is 5.32 Å². The van der Waals surface area contributed by atoms with Gasteiger partial charge in [0.05, 0.1) is 36.9 Å². The van der Waals surface area contributed by atoms with Crippen molar-refractivity contribution in [2.24, 2.45) is 28.4 Å². The maximum atomic E-state index is 12.7. The number of rotatable bonds is 5. The Kier molecular flexibility index (Phi) is 5.08. The fraction of sp³-hybridized carbons (Fsp3) is 0.733. The monoisotopic (exact) mass is 328 g/mol. The first-order chi connectivity index (χ1) is 10.5. The predicted molar refractivity (Wildman–Crippen MR) is 79.7 cm³/mol. The standard InChI is InChI=1S/C15H24N2O6/c1-7(2)17-13(21)15(4)8(10(18)22-5)14(3,12(16)20)9(15)11(19)23-6/h7-9H,1-6H3,(H2,16,20)(H,17,21). The minimum atomic E-state index is -1.57. The Bertz CT molecular complexity index is 518. The van der Waals surface area contributed by atoms with Gasteiger partial charge in [-0.2, -0.15) is 0 Å². The van der Waals surface area contributed by atoms with Gasteiger partial charge in [0.1, 0.15) is 0 Å². The highest BCUT2D eigenvalue weighted by Gasteiger charge is 2.78. The SMILES string of the molecule is COC(=O)C1C(C)(C(N)=O)C(C(=O)OC)C1(C)C(=O)NC(C)C. The van der Waals surface area contributed by atoms with E-state index in [1.165, 1.54) is 13.8 Å². The summed E-state index contributed by atoms with van der Waals surface area (Å²) in [5, 5.41) is 2.67. The molecule has 23 heavy (non-hydrogen) atoms. The van der Waals surface area contributed by atoms with Crippen LogP contribution in [0.5, 0.6) is 0 Å². The van der Waals surface area contributed by atoms with E-state index in [0.29, 0.717) is 0 Å². The van der Waals surface area contributed by atoms with E-state index in [0.717, 1.165) is 14.2 Å². The van der Waals surface area contributed by atoms with Gasteiger partial charge >= 0.3 is 11.9 Å². The first-order valence-electron chi connectivity index (χ1n) is 7.26. The van der Waals surface area contributed by atoms with Crippen molar-refractivity contribution in [2.75, 3.05) is 14.2 Å². The molecule has 0 aliphatic heterocycles. The molecule has 0 radical (unpaired) electrons. The second kappa shape index (κ2) is 6.17. The minimum absolute atomic E-state index is 0.212. The van der Waals surface area contributed by atoms with Gasteiger partial charge in [0, 0.05) is 6.04 Å². The van der Waals surface area contributed by atoms with Crippen LogP contribution >= 0.6 is 0 Å². The number of carbonyl (C=O) groups is 4. The second-order valence-electron chi connectivity index (χ2n) is 6.47. The summed E-state index contributed by atoms with van der Waals surface area (Å²) < 4.78 is 9.47. The number of primary amides is 1. The van der Waals surface area contributed by atoms with Crippen LogP contribution in [-0.4, -0.2) is 44.0 Å². The molecule has 8 nitrogen and oxygen atoms in total. The number of hydrogen-bond donors (Lipinski definition) is 2. The third-order valence-corrected chi connectivity index (χ3v) is 4.71.